The fourth-order valence-electron chi connectivity index (χ4n) is 3.89. The Bertz CT molecular complexity index is 987. The molecule has 0 spiro atoms. The van der Waals surface area contributed by atoms with E-state index < -0.39 is 6.04 Å². The lowest BCUT2D eigenvalue weighted by Crippen LogP contribution is -2.47. The number of rotatable bonds is 5. The number of ether oxygens (including phenoxy) is 1. The number of hydrazine groups is 1. The van der Waals surface area contributed by atoms with Crippen molar-refractivity contribution in [3.05, 3.63) is 64.7 Å². The van der Waals surface area contributed by atoms with E-state index in [0.717, 1.165) is 37.2 Å². The lowest BCUT2D eigenvalue weighted by Gasteiger charge is -2.26. The predicted octanol–water partition coefficient (Wildman–Crippen LogP) is 3.81. The zero-order valence-corrected chi connectivity index (χ0v) is 18.1. The highest BCUT2D eigenvalue weighted by atomic mass is 35.5. The highest BCUT2D eigenvalue weighted by Gasteiger charge is 2.36. The van der Waals surface area contributed by atoms with Crippen LogP contribution in [0.15, 0.2) is 53.6 Å². The summed E-state index contributed by atoms with van der Waals surface area (Å²) in [5, 5.41) is 8.09. The van der Waals surface area contributed by atoms with Gasteiger partial charge in [-0.05, 0) is 42.7 Å². The van der Waals surface area contributed by atoms with Gasteiger partial charge in [0.1, 0.15) is 11.5 Å². The number of carbonyl (C=O) groups excluding carboxylic acids is 2. The monoisotopic (exact) mass is 440 g/mol. The molecule has 1 atom stereocenters. The van der Waals surface area contributed by atoms with E-state index in [1.807, 2.05) is 29.3 Å². The molecule has 2 aromatic rings. The second kappa shape index (κ2) is 9.49. The maximum absolute atomic E-state index is 13.3. The summed E-state index contributed by atoms with van der Waals surface area (Å²) in [7, 11) is 1.60. The van der Waals surface area contributed by atoms with Crippen LogP contribution in [-0.2, 0) is 4.79 Å². The van der Waals surface area contributed by atoms with E-state index >= 15 is 0 Å². The Balaban J connectivity index is 1.61. The van der Waals surface area contributed by atoms with Gasteiger partial charge < -0.3 is 4.74 Å². The zero-order chi connectivity index (χ0) is 21.8. The normalized spacial score (nSPS) is 19.1. The molecule has 0 aliphatic carbocycles. The van der Waals surface area contributed by atoms with Crippen LogP contribution in [0.25, 0.3) is 0 Å². The first-order valence-electron chi connectivity index (χ1n) is 10.4. The SMILES string of the molecule is COc1ccc(C2CC(C(=O)NN3CCCCC3)=NN2C(=O)c2ccccc2Cl)cc1. The molecule has 31 heavy (non-hydrogen) atoms. The third-order valence-electron chi connectivity index (χ3n) is 5.60. The molecule has 7 nitrogen and oxygen atoms in total. The van der Waals surface area contributed by atoms with Crippen LogP contribution in [0.4, 0.5) is 0 Å². The number of amides is 2. The van der Waals surface area contributed by atoms with Gasteiger partial charge in [0.2, 0.25) is 0 Å². The average molecular weight is 441 g/mol. The number of piperidine rings is 1. The maximum Gasteiger partial charge on any atom is 0.281 e. The number of halogens is 1. The van der Waals surface area contributed by atoms with Crippen molar-refractivity contribution in [3.8, 4) is 5.75 Å². The van der Waals surface area contributed by atoms with Crippen molar-refractivity contribution in [1.82, 2.24) is 15.4 Å². The van der Waals surface area contributed by atoms with Crippen LogP contribution in [0.1, 0.15) is 47.6 Å². The zero-order valence-electron chi connectivity index (χ0n) is 17.4. The Kier molecular flexibility index (Phi) is 6.53. The summed E-state index contributed by atoms with van der Waals surface area (Å²) >= 11 is 6.26. The number of nitrogens with one attached hydrogen (secondary N) is 1. The fraction of sp³-hybridized carbons (Fsp3) is 0.348. The molecule has 2 heterocycles. The van der Waals surface area contributed by atoms with E-state index in [9.17, 15) is 9.59 Å². The first-order chi connectivity index (χ1) is 15.1. The maximum atomic E-state index is 13.3. The van der Waals surface area contributed by atoms with Crippen LogP contribution >= 0.6 is 11.6 Å². The molecule has 162 valence electrons. The van der Waals surface area contributed by atoms with Crippen molar-refractivity contribution in [3.63, 3.8) is 0 Å². The third kappa shape index (κ3) is 4.73. The van der Waals surface area contributed by atoms with Crippen molar-refractivity contribution in [2.45, 2.75) is 31.7 Å². The van der Waals surface area contributed by atoms with Gasteiger partial charge in [0.25, 0.3) is 11.8 Å². The molecule has 1 unspecified atom stereocenters. The minimum absolute atomic E-state index is 0.269. The molecule has 0 radical (unpaired) electrons. The van der Waals surface area contributed by atoms with Gasteiger partial charge in [-0.1, -0.05) is 42.3 Å². The smallest absolute Gasteiger partial charge is 0.281 e. The Hall–Kier alpha value is -2.90. The average Bonchev–Trinajstić information content (AvgIpc) is 3.25. The second-order valence-corrected chi connectivity index (χ2v) is 8.07. The standard InChI is InChI=1S/C23H25ClN4O3/c1-31-17-11-9-16(10-12-17)21-15-20(22(29)26-27-13-5-2-6-14-27)25-28(21)23(30)18-7-3-4-8-19(18)24/h3-4,7-12,21H,2,5-6,13-15H2,1H3,(H,26,29). The first kappa shape index (κ1) is 21.3. The van der Waals surface area contributed by atoms with E-state index in [2.05, 4.69) is 10.5 Å². The number of hydrogen-bond acceptors (Lipinski definition) is 5. The topological polar surface area (TPSA) is 74.2 Å². The Morgan fingerprint density at radius 2 is 1.77 bits per heavy atom. The highest BCUT2D eigenvalue weighted by molar-refractivity contribution is 6.39. The van der Waals surface area contributed by atoms with Crippen molar-refractivity contribution in [2.75, 3.05) is 20.2 Å². The Morgan fingerprint density at radius 1 is 1.06 bits per heavy atom. The van der Waals surface area contributed by atoms with Crippen LogP contribution in [0.5, 0.6) is 5.75 Å². The van der Waals surface area contributed by atoms with Crippen molar-refractivity contribution in [1.29, 1.82) is 0 Å². The van der Waals surface area contributed by atoms with Gasteiger partial charge in [-0.25, -0.2) is 10.0 Å². The van der Waals surface area contributed by atoms with Crippen LogP contribution in [-0.4, -0.2) is 47.7 Å². The van der Waals surface area contributed by atoms with E-state index in [1.165, 1.54) is 11.4 Å². The van der Waals surface area contributed by atoms with E-state index in [-0.39, 0.29) is 11.8 Å². The van der Waals surface area contributed by atoms with Gasteiger partial charge in [0.05, 0.1) is 23.7 Å². The summed E-state index contributed by atoms with van der Waals surface area (Å²) in [5.74, 6) is 0.108. The van der Waals surface area contributed by atoms with E-state index in [4.69, 9.17) is 16.3 Å². The Morgan fingerprint density at radius 3 is 2.45 bits per heavy atom. The van der Waals surface area contributed by atoms with Crippen LogP contribution in [0, 0.1) is 0 Å². The first-order valence-corrected chi connectivity index (χ1v) is 10.8. The second-order valence-electron chi connectivity index (χ2n) is 7.66. The molecule has 0 bridgehead atoms. The minimum atomic E-state index is -0.406. The number of hydrogen-bond donors (Lipinski definition) is 1. The summed E-state index contributed by atoms with van der Waals surface area (Å²) in [6, 6.07) is 13.9. The minimum Gasteiger partial charge on any atom is -0.497 e. The highest BCUT2D eigenvalue weighted by Crippen LogP contribution is 2.34. The van der Waals surface area contributed by atoms with Crippen LogP contribution < -0.4 is 10.2 Å². The molecular formula is C23H25ClN4O3. The fourth-order valence-corrected chi connectivity index (χ4v) is 4.11. The molecule has 2 aromatic carbocycles. The molecule has 0 aromatic heterocycles. The molecule has 0 saturated carbocycles. The molecule has 4 rings (SSSR count). The van der Waals surface area contributed by atoms with Gasteiger partial charge in [-0.3, -0.25) is 15.0 Å². The molecule has 8 heteroatoms. The summed E-state index contributed by atoms with van der Waals surface area (Å²) in [6.45, 7) is 1.65. The molecule has 1 saturated heterocycles. The Labute approximate surface area is 186 Å². The number of hydrazone groups is 1. The lowest BCUT2D eigenvalue weighted by molar-refractivity contribution is -0.119. The van der Waals surface area contributed by atoms with E-state index in [1.54, 1.807) is 31.4 Å². The number of carbonyl (C=O) groups is 2. The number of nitrogens with zero attached hydrogens (tertiary/aromatic N) is 3. The van der Waals surface area contributed by atoms with Gasteiger partial charge in [0.15, 0.2) is 0 Å². The molecule has 2 aliphatic heterocycles. The summed E-state index contributed by atoms with van der Waals surface area (Å²) < 4.78 is 5.24. The van der Waals surface area contributed by atoms with Gasteiger partial charge in [0, 0.05) is 19.5 Å². The van der Waals surface area contributed by atoms with Gasteiger partial charge >= 0.3 is 0 Å². The van der Waals surface area contributed by atoms with Crippen LogP contribution in [0.2, 0.25) is 5.02 Å². The van der Waals surface area contributed by atoms with Crippen molar-refractivity contribution >= 4 is 29.1 Å². The van der Waals surface area contributed by atoms with Gasteiger partial charge in [-0.2, -0.15) is 5.10 Å². The number of benzene rings is 2. The number of methoxy groups -OCH3 is 1. The molecular weight excluding hydrogens is 416 g/mol. The molecule has 1 fully saturated rings. The summed E-state index contributed by atoms with van der Waals surface area (Å²) in [6.07, 6.45) is 3.60. The van der Waals surface area contributed by atoms with Crippen molar-refractivity contribution in [2.24, 2.45) is 5.10 Å². The third-order valence-corrected chi connectivity index (χ3v) is 5.93. The largest absolute Gasteiger partial charge is 0.497 e. The summed E-state index contributed by atoms with van der Waals surface area (Å²) in [4.78, 5) is 26.2. The molecule has 2 amide bonds. The van der Waals surface area contributed by atoms with Gasteiger partial charge in [-0.15, -0.1) is 0 Å². The predicted molar refractivity (Wildman–Crippen MR) is 119 cm³/mol. The molecule has 1 N–H and O–H groups in total. The lowest BCUT2D eigenvalue weighted by atomic mass is 10.0. The summed E-state index contributed by atoms with van der Waals surface area (Å²) in [5.41, 5.74) is 4.48. The van der Waals surface area contributed by atoms with E-state index in [0.29, 0.717) is 22.7 Å². The van der Waals surface area contributed by atoms with Crippen LogP contribution in [0.3, 0.4) is 0 Å². The quantitative estimate of drug-likeness (QED) is 0.767. The molecule has 2 aliphatic rings. The van der Waals surface area contributed by atoms with Crippen molar-refractivity contribution < 1.29 is 14.3 Å².